The molecule has 1 aliphatic carbocycles. The molecule has 6 nitrogen and oxygen atoms in total. The number of carbonyl (C=O) groups excluding carboxylic acids is 2. The second-order valence-electron chi connectivity index (χ2n) is 5.50. The first-order valence-electron chi connectivity index (χ1n) is 7.40. The molecule has 22 heavy (non-hydrogen) atoms. The highest BCUT2D eigenvalue weighted by Gasteiger charge is 2.27. The second-order valence-corrected chi connectivity index (χ2v) is 5.50. The Morgan fingerprint density at radius 2 is 2.18 bits per heavy atom. The van der Waals surface area contributed by atoms with E-state index in [1.807, 2.05) is 12.1 Å². The molecule has 1 aliphatic rings. The molecule has 2 unspecified atom stereocenters. The van der Waals surface area contributed by atoms with Crippen LogP contribution in [0.2, 0.25) is 0 Å². The molecule has 1 fully saturated rings. The van der Waals surface area contributed by atoms with Crippen LogP contribution < -0.4 is 15.8 Å². The molecule has 1 aromatic carbocycles. The van der Waals surface area contributed by atoms with Gasteiger partial charge in [-0.05, 0) is 37.0 Å². The summed E-state index contributed by atoms with van der Waals surface area (Å²) in [6.45, 7) is 0.298. The van der Waals surface area contributed by atoms with Gasteiger partial charge in [0.15, 0.2) is 6.61 Å². The van der Waals surface area contributed by atoms with E-state index in [9.17, 15) is 9.59 Å². The average Bonchev–Trinajstić information content (AvgIpc) is 2.97. The van der Waals surface area contributed by atoms with Crippen molar-refractivity contribution < 1.29 is 19.1 Å². The van der Waals surface area contributed by atoms with Crippen molar-refractivity contribution in [2.24, 2.45) is 11.7 Å². The molecule has 1 aromatic rings. The van der Waals surface area contributed by atoms with Crippen molar-refractivity contribution in [3.8, 4) is 5.75 Å². The van der Waals surface area contributed by atoms with Gasteiger partial charge >= 0.3 is 5.97 Å². The molecule has 3 N–H and O–H groups in total. The van der Waals surface area contributed by atoms with E-state index in [-0.39, 0.29) is 24.5 Å². The Morgan fingerprint density at radius 3 is 2.86 bits per heavy atom. The van der Waals surface area contributed by atoms with Crippen LogP contribution in [-0.4, -0.2) is 31.6 Å². The van der Waals surface area contributed by atoms with Crippen molar-refractivity contribution in [3.63, 3.8) is 0 Å². The number of methoxy groups -OCH3 is 1. The Kier molecular flexibility index (Phi) is 5.77. The van der Waals surface area contributed by atoms with Gasteiger partial charge in [-0.1, -0.05) is 12.1 Å². The van der Waals surface area contributed by atoms with Crippen molar-refractivity contribution >= 4 is 11.9 Å². The molecule has 1 saturated carbocycles. The predicted octanol–water partition coefficient (Wildman–Crippen LogP) is 0.982. The van der Waals surface area contributed by atoms with Crippen LogP contribution in [0.25, 0.3) is 0 Å². The monoisotopic (exact) mass is 306 g/mol. The number of ether oxygens (including phenoxy) is 2. The van der Waals surface area contributed by atoms with Crippen LogP contribution in [0.4, 0.5) is 0 Å². The predicted molar refractivity (Wildman–Crippen MR) is 81.1 cm³/mol. The SMILES string of the molecule is COC(=O)COc1cccc(CNC(=O)C2CCC(N)C2)c1. The van der Waals surface area contributed by atoms with Gasteiger partial charge in [-0.3, -0.25) is 4.79 Å². The van der Waals surface area contributed by atoms with Gasteiger partial charge in [-0.25, -0.2) is 4.79 Å². The summed E-state index contributed by atoms with van der Waals surface area (Å²) in [7, 11) is 1.31. The topological polar surface area (TPSA) is 90.6 Å². The van der Waals surface area contributed by atoms with Gasteiger partial charge in [0.05, 0.1) is 7.11 Å². The number of rotatable bonds is 6. The van der Waals surface area contributed by atoms with Crippen LogP contribution >= 0.6 is 0 Å². The first-order valence-corrected chi connectivity index (χ1v) is 7.40. The molecule has 0 bridgehead atoms. The summed E-state index contributed by atoms with van der Waals surface area (Å²) in [5, 5.41) is 2.92. The molecule has 0 aromatic heterocycles. The first kappa shape index (κ1) is 16.3. The van der Waals surface area contributed by atoms with Gasteiger partial charge in [0.1, 0.15) is 5.75 Å². The summed E-state index contributed by atoms with van der Waals surface area (Å²) in [4.78, 5) is 23.1. The third-order valence-electron chi connectivity index (χ3n) is 3.79. The lowest BCUT2D eigenvalue weighted by Crippen LogP contribution is -2.30. The highest BCUT2D eigenvalue weighted by molar-refractivity contribution is 5.79. The summed E-state index contributed by atoms with van der Waals surface area (Å²) < 4.78 is 9.83. The number of amides is 1. The average molecular weight is 306 g/mol. The normalized spacial score (nSPS) is 20.5. The van der Waals surface area contributed by atoms with E-state index in [0.717, 1.165) is 24.8 Å². The minimum absolute atomic E-state index is 0.0220. The van der Waals surface area contributed by atoms with Crippen LogP contribution in [0.5, 0.6) is 5.75 Å². The summed E-state index contributed by atoms with van der Waals surface area (Å²) >= 11 is 0. The standard InChI is InChI=1S/C16H22N2O4/c1-21-15(19)10-22-14-4-2-3-11(7-14)9-18-16(20)12-5-6-13(17)8-12/h2-4,7,12-13H,5-6,8-10,17H2,1H3,(H,18,20). The summed E-state index contributed by atoms with van der Waals surface area (Å²) in [5.41, 5.74) is 6.74. The van der Waals surface area contributed by atoms with E-state index < -0.39 is 5.97 Å². The Labute approximate surface area is 130 Å². The lowest BCUT2D eigenvalue weighted by atomic mass is 10.1. The molecule has 1 amide bonds. The van der Waals surface area contributed by atoms with Gasteiger partial charge in [0, 0.05) is 18.5 Å². The lowest BCUT2D eigenvalue weighted by molar-refractivity contribution is -0.142. The van der Waals surface area contributed by atoms with Crippen molar-refractivity contribution in [2.45, 2.75) is 31.8 Å². The fourth-order valence-corrected chi connectivity index (χ4v) is 2.53. The van der Waals surface area contributed by atoms with E-state index in [1.165, 1.54) is 7.11 Å². The van der Waals surface area contributed by atoms with E-state index in [4.69, 9.17) is 10.5 Å². The number of hydrogen-bond acceptors (Lipinski definition) is 5. The Bertz CT molecular complexity index is 533. The third kappa shape index (κ3) is 4.73. The molecule has 0 saturated heterocycles. The van der Waals surface area contributed by atoms with Crippen molar-refractivity contribution in [3.05, 3.63) is 29.8 Å². The van der Waals surface area contributed by atoms with Crippen molar-refractivity contribution in [1.82, 2.24) is 5.32 Å². The maximum absolute atomic E-state index is 12.0. The molecular weight excluding hydrogens is 284 g/mol. The van der Waals surface area contributed by atoms with E-state index in [2.05, 4.69) is 10.1 Å². The Morgan fingerprint density at radius 1 is 1.36 bits per heavy atom. The fraction of sp³-hybridized carbons (Fsp3) is 0.500. The molecular formula is C16H22N2O4. The fourth-order valence-electron chi connectivity index (χ4n) is 2.53. The van der Waals surface area contributed by atoms with Crippen molar-refractivity contribution in [1.29, 1.82) is 0 Å². The van der Waals surface area contributed by atoms with E-state index >= 15 is 0 Å². The zero-order valence-corrected chi connectivity index (χ0v) is 12.7. The lowest BCUT2D eigenvalue weighted by Gasteiger charge is -2.11. The maximum Gasteiger partial charge on any atom is 0.343 e. The maximum atomic E-state index is 12.0. The number of benzene rings is 1. The molecule has 0 radical (unpaired) electrons. The molecule has 2 rings (SSSR count). The number of nitrogens with one attached hydrogen (secondary N) is 1. The highest BCUT2D eigenvalue weighted by Crippen LogP contribution is 2.24. The highest BCUT2D eigenvalue weighted by atomic mass is 16.6. The number of esters is 1. The van der Waals surface area contributed by atoms with Crippen LogP contribution in [0.15, 0.2) is 24.3 Å². The van der Waals surface area contributed by atoms with Crippen molar-refractivity contribution in [2.75, 3.05) is 13.7 Å². The smallest absolute Gasteiger partial charge is 0.343 e. The largest absolute Gasteiger partial charge is 0.482 e. The van der Waals surface area contributed by atoms with Crippen LogP contribution in [0.3, 0.4) is 0 Å². The van der Waals surface area contributed by atoms with Crippen LogP contribution in [0.1, 0.15) is 24.8 Å². The molecule has 6 heteroatoms. The molecule has 0 aliphatic heterocycles. The Balaban J connectivity index is 1.82. The number of hydrogen-bond donors (Lipinski definition) is 2. The summed E-state index contributed by atoms with van der Waals surface area (Å²) in [6.07, 6.45) is 2.53. The number of carbonyl (C=O) groups is 2. The van der Waals surface area contributed by atoms with Gasteiger partial charge in [-0.15, -0.1) is 0 Å². The number of nitrogens with two attached hydrogens (primary N) is 1. The molecule has 0 heterocycles. The minimum atomic E-state index is -0.434. The van der Waals surface area contributed by atoms with E-state index in [1.54, 1.807) is 12.1 Å². The van der Waals surface area contributed by atoms with Gasteiger partial charge in [-0.2, -0.15) is 0 Å². The molecule has 120 valence electrons. The zero-order chi connectivity index (χ0) is 15.9. The second kappa shape index (κ2) is 7.79. The quantitative estimate of drug-likeness (QED) is 0.765. The zero-order valence-electron chi connectivity index (χ0n) is 12.7. The summed E-state index contributed by atoms with van der Waals surface area (Å²) in [6, 6.07) is 7.41. The van der Waals surface area contributed by atoms with Crippen LogP contribution in [-0.2, 0) is 20.9 Å². The summed E-state index contributed by atoms with van der Waals surface area (Å²) in [5.74, 6) is 0.207. The Hall–Kier alpha value is -2.08. The first-order chi connectivity index (χ1) is 10.6. The van der Waals surface area contributed by atoms with E-state index in [0.29, 0.717) is 12.3 Å². The molecule has 0 spiro atoms. The third-order valence-corrected chi connectivity index (χ3v) is 3.79. The van der Waals surface area contributed by atoms with Gasteiger partial charge < -0.3 is 20.5 Å². The molecule has 2 atom stereocenters. The van der Waals surface area contributed by atoms with Crippen LogP contribution in [0, 0.1) is 5.92 Å². The minimum Gasteiger partial charge on any atom is -0.482 e. The van der Waals surface area contributed by atoms with Gasteiger partial charge in [0.2, 0.25) is 5.91 Å². The van der Waals surface area contributed by atoms with Gasteiger partial charge in [0.25, 0.3) is 0 Å².